The molecular weight excluding hydrogens is 246 g/mol. The predicted octanol–water partition coefficient (Wildman–Crippen LogP) is 1.77. The summed E-state index contributed by atoms with van der Waals surface area (Å²) in [6.07, 6.45) is 3.54. The Hall–Kier alpha value is -1.10. The van der Waals surface area contributed by atoms with E-state index < -0.39 is 23.3 Å². The number of aliphatic hydroxyl groups is 1. The maximum Gasteiger partial charge on any atom is 0.408 e. The molecule has 2 fully saturated rings. The van der Waals surface area contributed by atoms with Gasteiger partial charge in [0.25, 0.3) is 0 Å². The molecule has 0 radical (unpaired) electrons. The molecule has 5 nitrogen and oxygen atoms in total. The predicted molar refractivity (Wildman–Crippen MR) is 69.7 cm³/mol. The second kappa shape index (κ2) is 4.47. The van der Waals surface area contributed by atoms with Crippen molar-refractivity contribution < 1.29 is 19.4 Å². The van der Waals surface area contributed by atoms with Crippen LogP contribution in [0.1, 0.15) is 52.9 Å². The van der Waals surface area contributed by atoms with E-state index in [1.807, 2.05) is 0 Å². The first kappa shape index (κ1) is 14.3. The van der Waals surface area contributed by atoms with Crippen LogP contribution in [-0.4, -0.2) is 34.7 Å². The average molecular weight is 269 g/mol. The van der Waals surface area contributed by atoms with Crippen molar-refractivity contribution in [2.24, 2.45) is 5.41 Å². The quantitative estimate of drug-likeness (QED) is 0.766. The molecule has 0 aromatic heterocycles. The van der Waals surface area contributed by atoms with Crippen LogP contribution >= 0.6 is 0 Å². The van der Waals surface area contributed by atoms with Gasteiger partial charge >= 0.3 is 6.09 Å². The molecular formula is C14H23NO4. The van der Waals surface area contributed by atoms with Crippen molar-refractivity contribution in [2.45, 2.75) is 70.1 Å². The van der Waals surface area contributed by atoms with Crippen molar-refractivity contribution in [2.75, 3.05) is 0 Å². The van der Waals surface area contributed by atoms with Crippen molar-refractivity contribution in [3.63, 3.8) is 0 Å². The zero-order valence-corrected chi connectivity index (χ0v) is 11.9. The fourth-order valence-corrected chi connectivity index (χ4v) is 3.33. The van der Waals surface area contributed by atoms with Gasteiger partial charge in [0.15, 0.2) is 6.29 Å². The lowest BCUT2D eigenvalue weighted by molar-refractivity contribution is -0.138. The highest BCUT2D eigenvalue weighted by atomic mass is 16.6. The molecule has 1 unspecified atom stereocenters. The minimum Gasteiger partial charge on any atom is -0.444 e. The largest absolute Gasteiger partial charge is 0.444 e. The van der Waals surface area contributed by atoms with Gasteiger partial charge < -0.3 is 20.0 Å². The minimum absolute atomic E-state index is 0.235. The smallest absolute Gasteiger partial charge is 0.408 e. The van der Waals surface area contributed by atoms with Gasteiger partial charge in [-0.1, -0.05) is 6.42 Å². The number of hydrogen-bond acceptors (Lipinski definition) is 4. The summed E-state index contributed by atoms with van der Waals surface area (Å²) in [7, 11) is 0. The molecule has 5 heteroatoms. The third-order valence-electron chi connectivity index (χ3n) is 4.24. The van der Waals surface area contributed by atoms with E-state index in [0.717, 1.165) is 12.8 Å². The van der Waals surface area contributed by atoms with Crippen molar-refractivity contribution in [1.82, 2.24) is 5.32 Å². The Bertz CT molecular complexity index is 373. The van der Waals surface area contributed by atoms with E-state index in [9.17, 15) is 14.7 Å². The lowest BCUT2D eigenvalue weighted by atomic mass is 9.47. The molecule has 2 aliphatic rings. The van der Waals surface area contributed by atoms with Crippen LogP contribution in [0, 0.1) is 5.41 Å². The molecule has 1 spiro atoms. The maximum atomic E-state index is 11.8. The number of carbonyl (C=O) groups is 2. The van der Waals surface area contributed by atoms with Crippen LogP contribution < -0.4 is 5.32 Å². The van der Waals surface area contributed by atoms with E-state index in [1.54, 1.807) is 20.8 Å². The van der Waals surface area contributed by atoms with Gasteiger partial charge in [-0.3, -0.25) is 0 Å². The second-order valence-electron chi connectivity index (χ2n) is 7.07. The van der Waals surface area contributed by atoms with Crippen LogP contribution in [0.5, 0.6) is 0 Å². The molecule has 0 heterocycles. The standard InChI is InChI=1S/C14H23NO4/c1-12(2,3)19-11(18)15-14(10(17)7-16)8-13(9-14)5-4-6-13/h7,10,17H,4-6,8-9H2,1-3H3,(H,15,18). The van der Waals surface area contributed by atoms with Crippen LogP contribution in [0.25, 0.3) is 0 Å². The minimum atomic E-state index is -1.16. The molecule has 1 amide bonds. The van der Waals surface area contributed by atoms with Crippen molar-refractivity contribution in [3.05, 3.63) is 0 Å². The van der Waals surface area contributed by atoms with Crippen LogP contribution in [0.15, 0.2) is 0 Å². The molecule has 1 atom stereocenters. The van der Waals surface area contributed by atoms with Crippen molar-refractivity contribution in [3.8, 4) is 0 Å². The SMILES string of the molecule is CC(C)(C)OC(=O)NC1(C(O)C=O)CC2(CCC2)C1. The molecule has 0 saturated heterocycles. The lowest BCUT2D eigenvalue weighted by Crippen LogP contribution is -2.70. The van der Waals surface area contributed by atoms with Gasteiger partial charge in [0.05, 0.1) is 5.54 Å². The van der Waals surface area contributed by atoms with E-state index >= 15 is 0 Å². The number of alkyl carbamates (subject to hydrolysis) is 1. The van der Waals surface area contributed by atoms with Gasteiger partial charge in [-0.2, -0.15) is 0 Å². The first-order valence-corrected chi connectivity index (χ1v) is 6.85. The molecule has 2 rings (SSSR count). The summed E-state index contributed by atoms with van der Waals surface area (Å²) in [5.74, 6) is 0. The van der Waals surface area contributed by atoms with Gasteiger partial charge in [0, 0.05) is 0 Å². The molecule has 0 aliphatic heterocycles. The number of rotatable bonds is 3. The Labute approximate surface area is 113 Å². The van der Waals surface area contributed by atoms with Gasteiger partial charge in [-0.25, -0.2) is 4.79 Å². The fourth-order valence-electron chi connectivity index (χ4n) is 3.33. The highest BCUT2D eigenvalue weighted by Crippen LogP contribution is 2.61. The van der Waals surface area contributed by atoms with E-state index in [-0.39, 0.29) is 5.41 Å². The Morgan fingerprint density at radius 3 is 2.32 bits per heavy atom. The van der Waals surface area contributed by atoms with E-state index in [1.165, 1.54) is 6.42 Å². The first-order valence-electron chi connectivity index (χ1n) is 6.85. The fraction of sp³-hybridized carbons (Fsp3) is 0.857. The highest BCUT2D eigenvalue weighted by molar-refractivity contribution is 5.71. The summed E-state index contributed by atoms with van der Waals surface area (Å²) >= 11 is 0. The summed E-state index contributed by atoms with van der Waals surface area (Å²) in [6, 6.07) is 0. The number of ether oxygens (including phenoxy) is 1. The molecule has 19 heavy (non-hydrogen) atoms. The van der Waals surface area contributed by atoms with Gasteiger partial charge in [-0.05, 0) is 51.9 Å². The Balaban J connectivity index is 2.00. The second-order valence-corrected chi connectivity index (χ2v) is 7.07. The topological polar surface area (TPSA) is 75.6 Å². The summed E-state index contributed by atoms with van der Waals surface area (Å²) in [6.45, 7) is 5.34. The van der Waals surface area contributed by atoms with E-state index in [2.05, 4.69) is 5.32 Å². The number of carbonyl (C=O) groups excluding carboxylic acids is 2. The van der Waals surface area contributed by atoms with Crippen LogP contribution in [-0.2, 0) is 9.53 Å². The molecule has 0 aromatic rings. The van der Waals surface area contributed by atoms with Crippen LogP contribution in [0.4, 0.5) is 4.79 Å². The summed E-state index contributed by atoms with van der Waals surface area (Å²) in [4.78, 5) is 22.7. The van der Waals surface area contributed by atoms with Gasteiger partial charge in [-0.15, -0.1) is 0 Å². The monoisotopic (exact) mass is 269 g/mol. The van der Waals surface area contributed by atoms with Crippen molar-refractivity contribution in [1.29, 1.82) is 0 Å². The van der Waals surface area contributed by atoms with Gasteiger partial charge in [0.1, 0.15) is 11.7 Å². The molecule has 2 aliphatic carbocycles. The lowest BCUT2D eigenvalue weighted by Gasteiger charge is -2.61. The number of aliphatic hydroxyl groups excluding tert-OH is 1. The number of amides is 1. The molecule has 0 aromatic carbocycles. The number of nitrogens with one attached hydrogen (secondary N) is 1. The third kappa shape index (κ3) is 2.76. The Morgan fingerprint density at radius 2 is 1.95 bits per heavy atom. The number of hydrogen-bond donors (Lipinski definition) is 2. The van der Waals surface area contributed by atoms with Gasteiger partial charge in [0.2, 0.25) is 0 Å². The van der Waals surface area contributed by atoms with E-state index in [0.29, 0.717) is 19.1 Å². The maximum absolute atomic E-state index is 11.8. The molecule has 2 saturated carbocycles. The van der Waals surface area contributed by atoms with Crippen LogP contribution in [0.2, 0.25) is 0 Å². The Kier molecular flexibility index (Phi) is 3.37. The zero-order valence-electron chi connectivity index (χ0n) is 11.9. The average Bonchev–Trinajstić information content (AvgIpc) is 2.16. The summed E-state index contributed by atoms with van der Waals surface area (Å²) < 4.78 is 5.21. The summed E-state index contributed by atoms with van der Waals surface area (Å²) in [5.41, 5.74) is -1.18. The highest BCUT2D eigenvalue weighted by Gasteiger charge is 2.61. The number of aldehydes is 1. The van der Waals surface area contributed by atoms with E-state index in [4.69, 9.17) is 4.74 Å². The zero-order chi connectivity index (χ0) is 14.3. The Morgan fingerprint density at radius 1 is 1.37 bits per heavy atom. The normalized spacial score (nSPS) is 24.8. The van der Waals surface area contributed by atoms with Crippen LogP contribution in [0.3, 0.4) is 0 Å². The third-order valence-corrected chi connectivity index (χ3v) is 4.24. The van der Waals surface area contributed by atoms with Crippen molar-refractivity contribution >= 4 is 12.4 Å². The molecule has 0 bridgehead atoms. The molecule has 2 N–H and O–H groups in total. The summed E-state index contributed by atoms with van der Waals surface area (Å²) in [5, 5.41) is 12.6. The first-order chi connectivity index (χ1) is 8.70. The molecule has 108 valence electrons.